The molecule has 0 bridgehead atoms. The minimum absolute atomic E-state index is 0.0476. The minimum atomic E-state index is -4.64. The number of carbonyl (C=O) groups is 2. The van der Waals surface area contributed by atoms with E-state index < -0.39 is 19.8 Å². The largest absolute Gasteiger partial charge is 0.471 e. The van der Waals surface area contributed by atoms with Gasteiger partial charge in [0.05, 0.1) is 18.3 Å². The standard InChI is InChI=1S/C28H37N6O7P/c1-16(14-35)34-23(12-13-29-34)27(36)31-26(25(20-4-5-20)21-6-7-21)28(37)30-22-10-8-19(9-11-22)24-17(2)32-33(18(24)3)15-41-42(38,39)40/h8-13,16,20-21,25-26,35H,4-7,14-15H2,1-3H3,(H,30,37)(H,31,36)(H2,38,39,40)/t16-,26-/m0/s1. The molecule has 5 rings (SSSR count). The van der Waals surface area contributed by atoms with Crippen LogP contribution in [0.25, 0.3) is 11.1 Å². The van der Waals surface area contributed by atoms with Crippen molar-refractivity contribution in [3.8, 4) is 11.1 Å². The van der Waals surface area contributed by atoms with Crippen molar-refractivity contribution >= 4 is 25.3 Å². The van der Waals surface area contributed by atoms with Crippen molar-refractivity contribution in [1.29, 1.82) is 0 Å². The number of phosphoric ester groups is 1. The fourth-order valence-corrected chi connectivity index (χ4v) is 5.94. The summed E-state index contributed by atoms with van der Waals surface area (Å²) in [6.07, 6.45) is 5.68. The van der Waals surface area contributed by atoms with Crippen molar-refractivity contribution in [1.82, 2.24) is 24.9 Å². The van der Waals surface area contributed by atoms with Crippen molar-refractivity contribution in [2.24, 2.45) is 17.8 Å². The Labute approximate surface area is 243 Å². The van der Waals surface area contributed by atoms with Gasteiger partial charge in [0.1, 0.15) is 11.7 Å². The van der Waals surface area contributed by atoms with Gasteiger partial charge in [-0.25, -0.2) is 9.25 Å². The molecule has 0 spiro atoms. The van der Waals surface area contributed by atoms with Gasteiger partial charge in [-0.2, -0.15) is 10.2 Å². The monoisotopic (exact) mass is 600 g/mol. The third kappa shape index (κ3) is 6.82. The number of aliphatic hydroxyl groups is 1. The number of benzene rings is 1. The van der Waals surface area contributed by atoms with Crippen molar-refractivity contribution in [2.45, 2.75) is 65.3 Å². The summed E-state index contributed by atoms with van der Waals surface area (Å²) in [7, 11) is -4.64. The molecule has 2 saturated carbocycles. The number of amides is 2. The molecule has 2 fully saturated rings. The van der Waals surface area contributed by atoms with E-state index in [2.05, 4.69) is 25.4 Å². The molecule has 2 atom stereocenters. The van der Waals surface area contributed by atoms with E-state index in [1.807, 2.05) is 12.1 Å². The van der Waals surface area contributed by atoms with E-state index in [4.69, 9.17) is 9.79 Å². The van der Waals surface area contributed by atoms with Crippen LogP contribution < -0.4 is 10.6 Å². The third-order valence-electron chi connectivity index (χ3n) is 8.04. The number of aromatic nitrogens is 4. The van der Waals surface area contributed by atoms with E-state index >= 15 is 0 Å². The fourth-order valence-electron chi connectivity index (χ4n) is 5.68. The number of carbonyl (C=O) groups excluding carboxylic acids is 2. The normalized spacial score (nSPS) is 16.8. The molecule has 0 unspecified atom stereocenters. The summed E-state index contributed by atoms with van der Waals surface area (Å²) in [5.41, 5.74) is 3.81. The highest BCUT2D eigenvalue weighted by atomic mass is 31.2. The van der Waals surface area contributed by atoms with Gasteiger partial charge in [-0.05, 0) is 88.0 Å². The molecular weight excluding hydrogens is 563 g/mol. The van der Waals surface area contributed by atoms with Gasteiger partial charge in [0, 0.05) is 23.1 Å². The molecule has 0 aliphatic heterocycles. The molecule has 3 aromatic rings. The molecule has 1 aromatic carbocycles. The van der Waals surface area contributed by atoms with E-state index in [-0.39, 0.29) is 31.2 Å². The number of rotatable bonds is 13. The zero-order chi connectivity index (χ0) is 30.2. The van der Waals surface area contributed by atoms with Crippen LogP contribution in [0.5, 0.6) is 0 Å². The molecule has 2 aromatic heterocycles. The number of aryl methyl sites for hydroxylation is 1. The van der Waals surface area contributed by atoms with Crippen molar-refractivity contribution in [3.63, 3.8) is 0 Å². The molecule has 0 saturated heterocycles. The molecule has 14 heteroatoms. The first-order valence-corrected chi connectivity index (χ1v) is 15.6. The first kappa shape index (κ1) is 30.1. The van der Waals surface area contributed by atoms with E-state index in [1.165, 1.54) is 15.6 Å². The third-order valence-corrected chi connectivity index (χ3v) is 8.49. The Kier molecular flexibility index (Phi) is 8.68. The van der Waals surface area contributed by atoms with E-state index in [0.29, 0.717) is 34.6 Å². The van der Waals surface area contributed by atoms with Crippen LogP contribution in [-0.4, -0.2) is 58.9 Å². The molecule has 13 nitrogen and oxygen atoms in total. The Morgan fingerprint density at radius 3 is 2.31 bits per heavy atom. The van der Waals surface area contributed by atoms with Crippen LogP contribution in [0.15, 0.2) is 36.5 Å². The Bertz CT molecular complexity index is 1480. The number of hydrogen-bond donors (Lipinski definition) is 5. The zero-order valence-corrected chi connectivity index (χ0v) is 24.7. The van der Waals surface area contributed by atoms with Gasteiger partial charge < -0.3 is 25.5 Å². The number of anilines is 1. The summed E-state index contributed by atoms with van der Waals surface area (Å²) in [6, 6.07) is 7.70. The van der Waals surface area contributed by atoms with Crippen LogP contribution in [0.3, 0.4) is 0 Å². The zero-order valence-electron chi connectivity index (χ0n) is 23.8. The summed E-state index contributed by atoms with van der Waals surface area (Å²) in [5.74, 6) is 0.158. The predicted octanol–water partition coefficient (Wildman–Crippen LogP) is 3.16. The highest BCUT2D eigenvalue weighted by molar-refractivity contribution is 7.46. The second-order valence-corrected chi connectivity index (χ2v) is 12.5. The Morgan fingerprint density at radius 1 is 1.10 bits per heavy atom. The van der Waals surface area contributed by atoms with Crippen molar-refractivity contribution in [3.05, 3.63) is 53.6 Å². The number of nitrogens with one attached hydrogen (secondary N) is 2. The van der Waals surface area contributed by atoms with E-state index in [9.17, 15) is 19.3 Å². The average Bonchev–Trinajstić information content (AvgIpc) is 3.88. The van der Waals surface area contributed by atoms with Gasteiger partial charge in [-0.1, -0.05) is 12.1 Å². The first-order chi connectivity index (χ1) is 20.0. The summed E-state index contributed by atoms with van der Waals surface area (Å²) >= 11 is 0. The van der Waals surface area contributed by atoms with Gasteiger partial charge in [0.15, 0.2) is 6.73 Å². The molecule has 2 heterocycles. The lowest BCUT2D eigenvalue weighted by Gasteiger charge is -2.28. The van der Waals surface area contributed by atoms with Crippen molar-refractivity contribution < 1.29 is 33.6 Å². The predicted molar refractivity (Wildman–Crippen MR) is 153 cm³/mol. The number of phosphoric acid groups is 1. The highest BCUT2D eigenvalue weighted by Gasteiger charge is 2.48. The lowest BCUT2D eigenvalue weighted by Crippen LogP contribution is -2.50. The second kappa shape index (κ2) is 12.1. The van der Waals surface area contributed by atoms with E-state index in [1.54, 1.807) is 39.0 Å². The lowest BCUT2D eigenvalue weighted by atomic mass is 9.88. The Balaban J connectivity index is 1.33. The average molecular weight is 601 g/mol. The Morgan fingerprint density at radius 2 is 1.74 bits per heavy atom. The van der Waals surface area contributed by atoms with Crippen molar-refractivity contribution in [2.75, 3.05) is 11.9 Å². The lowest BCUT2D eigenvalue weighted by molar-refractivity contribution is -0.119. The van der Waals surface area contributed by atoms with Gasteiger partial charge in [-0.15, -0.1) is 0 Å². The Hall–Kier alpha value is -3.35. The minimum Gasteiger partial charge on any atom is -0.394 e. The van der Waals surface area contributed by atoms with E-state index in [0.717, 1.165) is 36.8 Å². The molecule has 0 radical (unpaired) electrons. The molecule has 2 aliphatic rings. The van der Waals surface area contributed by atoms with Crippen LogP contribution in [0, 0.1) is 31.6 Å². The molecule has 2 amide bonds. The van der Waals surface area contributed by atoms with Gasteiger partial charge in [0.25, 0.3) is 5.91 Å². The quantitative estimate of drug-likeness (QED) is 0.184. The smallest absolute Gasteiger partial charge is 0.394 e. The van der Waals surface area contributed by atoms with Gasteiger partial charge in [-0.3, -0.25) is 18.8 Å². The second-order valence-electron chi connectivity index (χ2n) is 11.3. The first-order valence-electron chi connectivity index (χ1n) is 14.1. The van der Waals surface area contributed by atoms with Crippen LogP contribution in [0.2, 0.25) is 0 Å². The number of nitrogens with zero attached hydrogens (tertiary/aromatic N) is 4. The maximum absolute atomic E-state index is 13.7. The molecule has 226 valence electrons. The molecule has 5 N–H and O–H groups in total. The maximum Gasteiger partial charge on any atom is 0.471 e. The SMILES string of the molecule is Cc1nn(COP(=O)(O)O)c(C)c1-c1ccc(NC(=O)[C@@H](NC(=O)c2ccnn2[C@@H](C)CO)C(C2CC2)C2CC2)cc1. The van der Waals surface area contributed by atoms with Gasteiger partial charge >= 0.3 is 7.82 Å². The maximum atomic E-state index is 13.7. The summed E-state index contributed by atoms with van der Waals surface area (Å²) < 4.78 is 18.6. The van der Waals surface area contributed by atoms with Crippen LogP contribution in [-0.2, 0) is 20.6 Å². The molecule has 2 aliphatic carbocycles. The summed E-state index contributed by atoms with van der Waals surface area (Å²) in [6.45, 7) is 4.78. The van der Waals surface area contributed by atoms with Crippen LogP contribution >= 0.6 is 7.82 Å². The van der Waals surface area contributed by atoms with Crippen LogP contribution in [0.1, 0.15) is 60.5 Å². The van der Waals surface area contributed by atoms with Gasteiger partial charge in [0.2, 0.25) is 5.91 Å². The summed E-state index contributed by atoms with van der Waals surface area (Å²) in [5, 5.41) is 24.1. The topological polar surface area (TPSA) is 181 Å². The number of hydrogen-bond acceptors (Lipinski definition) is 7. The number of aliphatic hydroxyl groups excluding tert-OH is 1. The summed E-state index contributed by atoms with van der Waals surface area (Å²) in [4.78, 5) is 45.2. The molecular formula is C28H37N6O7P. The molecule has 42 heavy (non-hydrogen) atoms. The fraction of sp³-hybridized carbons (Fsp3) is 0.500. The van der Waals surface area contributed by atoms with Crippen LogP contribution in [0.4, 0.5) is 5.69 Å². The highest BCUT2D eigenvalue weighted by Crippen LogP contribution is 2.51.